The SMILES string of the molecule is CCC1(OC(=O)C2(CC(C)C)CC[C@H]2C)C2CC3CC(C2)CC1C3. The Morgan fingerprint density at radius 1 is 1.08 bits per heavy atom. The predicted octanol–water partition coefficient (Wildman–Crippen LogP) is 5.60. The maximum absolute atomic E-state index is 13.4. The molecule has 0 aromatic carbocycles. The molecule has 5 fully saturated rings. The number of carbonyl (C=O) groups is 1. The molecule has 4 bridgehead atoms. The second-order valence-electron chi connectivity index (χ2n) is 10.2. The first-order valence-corrected chi connectivity index (χ1v) is 10.6. The lowest BCUT2D eigenvalue weighted by Gasteiger charge is -2.61. The third-order valence-electron chi connectivity index (χ3n) is 8.50. The summed E-state index contributed by atoms with van der Waals surface area (Å²) in [6, 6.07) is 0. The molecule has 2 nitrogen and oxygen atoms in total. The lowest BCUT2D eigenvalue weighted by molar-refractivity contribution is -0.228. The van der Waals surface area contributed by atoms with E-state index in [9.17, 15) is 4.79 Å². The highest BCUT2D eigenvalue weighted by molar-refractivity contribution is 5.79. The number of hydrogen-bond acceptors (Lipinski definition) is 2. The van der Waals surface area contributed by atoms with Crippen molar-refractivity contribution in [2.45, 2.75) is 91.1 Å². The fourth-order valence-electron chi connectivity index (χ4n) is 7.27. The monoisotopic (exact) mass is 332 g/mol. The highest BCUT2D eigenvalue weighted by Gasteiger charge is 2.61. The van der Waals surface area contributed by atoms with Crippen LogP contribution in [0.3, 0.4) is 0 Å². The molecule has 5 saturated carbocycles. The molecule has 0 spiro atoms. The Balaban J connectivity index is 1.57. The minimum atomic E-state index is -0.176. The van der Waals surface area contributed by atoms with Gasteiger partial charge in [0.15, 0.2) is 0 Å². The molecule has 5 aliphatic rings. The standard InChI is InChI=1S/C22H36O2/c1-5-22(18-9-16-8-17(11-18)12-19(22)10-16)24-20(23)21(13-14(2)3)7-6-15(21)4/h14-19H,5-13H2,1-4H3/t15-,16?,17?,18?,19?,21?,22?/m1/s1. The summed E-state index contributed by atoms with van der Waals surface area (Å²) in [6.07, 6.45) is 11.0. The van der Waals surface area contributed by atoms with Crippen LogP contribution in [-0.2, 0) is 9.53 Å². The van der Waals surface area contributed by atoms with Gasteiger partial charge in [-0.15, -0.1) is 0 Å². The average molecular weight is 333 g/mol. The van der Waals surface area contributed by atoms with Crippen molar-refractivity contribution in [3.8, 4) is 0 Å². The minimum absolute atomic E-state index is 0.121. The van der Waals surface area contributed by atoms with Crippen LogP contribution < -0.4 is 0 Å². The second kappa shape index (κ2) is 5.74. The maximum Gasteiger partial charge on any atom is 0.312 e. The summed E-state index contributed by atoms with van der Waals surface area (Å²) in [7, 11) is 0. The zero-order valence-electron chi connectivity index (χ0n) is 16.1. The molecular weight excluding hydrogens is 296 g/mol. The molecular formula is C22H36O2. The molecule has 0 aromatic rings. The third-order valence-corrected chi connectivity index (χ3v) is 8.50. The fourth-order valence-corrected chi connectivity index (χ4v) is 7.27. The van der Waals surface area contributed by atoms with Crippen LogP contribution in [0.25, 0.3) is 0 Å². The van der Waals surface area contributed by atoms with Crippen LogP contribution in [0.1, 0.15) is 85.5 Å². The van der Waals surface area contributed by atoms with Gasteiger partial charge in [0.2, 0.25) is 0 Å². The van der Waals surface area contributed by atoms with Gasteiger partial charge in [-0.1, -0.05) is 27.7 Å². The van der Waals surface area contributed by atoms with Crippen LogP contribution in [0, 0.1) is 40.9 Å². The Bertz CT molecular complexity index is 480. The van der Waals surface area contributed by atoms with Crippen molar-refractivity contribution in [1.29, 1.82) is 0 Å². The van der Waals surface area contributed by atoms with Crippen molar-refractivity contribution < 1.29 is 9.53 Å². The first-order chi connectivity index (χ1) is 11.4. The van der Waals surface area contributed by atoms with Crippen molar-refractivity contribution in [2.24, 2.45) is 40.9 Å². The Morgan fingerprint density at radius 3 is 2.04 bits per heavy atom. The summed E-state index contributed by atoms with van der Waals surface area (Å²) in [5.74, 6) is 4.39. The smallest absolute Gasteiger partial charge is 0.312 e. The van der Waals surface area contributed by atoms with E-state index >= 15 is 0 Å². The van der Waals surface area contributed by atoms with Crippen LogP contribution in [0.15, 0.2) is 0 Å². The molecule has 0 amide bonds. The molecule has 1 unspecified atom stereocenters. The Morgan fingerprint density at radius 2 is 1.67 bits per heavy atom. The van der Waals surface area contributed by atoms with E-state index in [1.807, 2.05) is 0 Å². The molecule has 0 saturated heterocycles. The number of carbonyl (C=O) groups excluding carboxylic acids is 1. The van der Waals surface area contributed by atoms with Crippen molar-refractivity contribution in [1.82, 2.24) is 0 Å². The second-order valence-corrected chi connectivity index (χ2v) is 10.2. The zero-order valence-corrected chi connectivity index (χ0v) is 16.1. The summed E-state index contributed by atoms with van der Waals surface area (Å²) in [6.45, 7) is 9.04. The molecule has 5 aliphatic carbocycles. The molecule has 0 N–H and O–H groups in total. The van der Waals surface area contributed by atoms with E-state index in [2.05, 4.69) is 27.7 Å². The van der Waals surface area contributed by atoms with Crippen molar-refractivity contribution in [3.63, 3.8) is 0 Å². The Labute approximate surface area is 148 Å². The van der Waals surface area contributed by atoms with Crippen LogP contribution in [-0.4, -0.2) is 11.6 Å². The molecule has 0 radical (unpaired) electrons. The van der Waals surface area contributed by atoms with E-state index in [1.54, 1.807) is 0 Å². The average Bonchev–Trinajstić information content (AvgIpc) is 2.53. The van der Waals surface area contributed by atoms with Crippen LogP contribution in [0.5, 0.6) is 0 Å². The van der Waals surface area contributed by atoms with Gasteiger partial charge < -0.3 is 4.74 Å². The molecule has 0 heterocycles. The van der Waals surface area contributed by atoms with Gasteiger partial charge in [0.1, 0.15) is 5.60 Å². The number of rotatable bonds is 5. The highest BCUT2D eigenvalue weighted by atomic mass is 16.6. The topological polar surface area (TPSA) is 26.3 Å². The quantitative estimate of drug-likeness (QED) is 0.613. The van der Waals surface area contributed by atoms with Gasteiger partial charge in [-0.2, -0.15) is 0 Å². The molecule has 0 aromatic heterocycles. The molecule has 136 valence electrons. The van der Waals surface area contributed by atoms with Gasteiger partial charge in [0.05, 0.1) is 5.41 Å². The highest BCUT2D eigenvalue weighted by Crippen LogP contribution is 2.62. The number of hydrogen-bond donors (Lipinski definition) is 0. The lowest BCUT2D eigenvalue weighted by atomic mass is 9.49. The molecule has 2 heteroatoms. The van der Waals surface area contributed by atoms with Gasteiger partial charge >= 0.3 is 5.97 Å². The van der Waals surface area contributed by atoms with Crippen molar-refractivity contribution in [2.75, 3.05) is 0 Å². The molecule has 5 rings (SSSR count). The zero-order chi connectivity index (χ0) is 17.1. The van der Waals surface area contributed by atoms with E-state index < -0.39 is 0 Å². The predicted molar refractivity (Wildman–Crippen MR) is 96.4 cm³/mol. The van der Waals surface area contributed by atoms with Crippen LogP contribution in [0.4, 0.5) is 0 Å². The molecule has 0 aliphatic heterocycles. The minimum Gasteiger partial charge on any atom is -0.458 e. The summed E-state index contributed by atoms with van der Waals surface area (Å²) in [4.78, 5) is 13.4. The third kappa shape index (κ3) is 2.31. The number of ether oxygens (including phenoxy) is 1. The van der Waals surface area contributed by atoms with Crippen molar-refractivity contribution in [3.05, 3.63) is 0 Å². The van der Waals surface area contributed by atoms with Crippen molar-refractivity contribution >= 4 is 5.97 Å². The van der Waals surface area contributed by atoms with Gasteiger partial charge in [0.25, 0.3) is 0 Å². The van der Waals surface area contributed by atoms with Crippen LogP contribution in [0.2, 0.25) is 0 Å². The first-order valence-electron chi connectivity index (χ1n) is 10.6. The van der Waals surface area contributed by atoms with Gasteiger partial charge in [-0.05, 0) is 93.3 Å². The summed E-state index contributed by atoms with van der Waals surface area (Å²) >= 11 is 0. The summed E-state index contributed by atoms with van der Waals surface area (Å²) in [5.41, 5.74) is -0.297. The van der Waals surface area contributed by atoms with E-state index in [4.69, 9.17) is 4.74 Å². The van der Waals surface area contributed by atoms with Crippen LogP contribution >= 0.6 is 0 Å². The normalized spacial score (nSPS) is 49.3. The first kappa shape index (κ1) is 16.9. The molecule has 2 atom stereocenters. The Kier molecular flexibility index (Phi) is 4.05. The largest absolute Gasteiger partial charge is 0.458 e. The van der Waals surface area contributed by atoms with Gasteiger partial charge in [0, 0.05) is 0 Å². The maximum atomic E-state index is 13.4. The van der Waals surface area contributed by atoms with Gasteiger partial charge in [-0.3, -0.25) is 4.79 Å². The number of esters is 1. The molecule has 24 heavy (non-hydrogen) atoms. The summed E-state index contributed by atoms with van der Waals surface area (Å²) < 4.78 is 6.60. The fraction of sp³-hybridized carbons (Fsp3) is 0.955. The van der Waals surface area contributed by atoms with E-state index in [1.165, 1.54) is 38.5 Å². The summed E-state index contributed by atoms with van der Waals surface area (Å²) in [5, 5.41) is 0. The van der Waals surface area contributed by atoms with E-state index in [-0.39, 0.29) is 17.0 Å². The Hall–Kier alpha value is -0.530. The van der Waals surface area contributed by atoms with E-state index in [0.29, 0.717) is 23.7 Å². The van der Waals surface area contributed by atoms with E-state index in [0.717, 1.165) is 31.1 Å². The lowest BCUT2D eigenvalue weighted by Crippen LogP contribution is -2.61. The van der Waals surface area contributed by atoms with Gasteiger partial charge in [-0.25, -0.2) is 0 Å².